The average Bonchev–Trinajstić information content (AvgIpc) is 2.68. The van der Waals surface area contributed by atoms with Gasteiger partial charge in [0.1, 0.15) is 0 Å². The Labute approximate surface area is 101 Å². The predicted octanol–water partition coefficient (Wildman–Crippen LogP) is 4.61. The molecule has 0 aliphatic rings. The van der Waals surface area contributed by atoms with Crippen LogP contribution in [0.5, 0.6) is 0 Å². The Morgan fingerprint density at radius 3 is 1.81 bits per heavy atom. The molecule has 0 bridgehead atoms. The van der Waals surface area contributed by atoms with E-state index in [1.807, 2.05) is 32.0 Å². The Bertz CT molecular complexity index is 354. The SMILES string of the molecule is CC.Cc1ccccc1.Cc1ncsc1F. The van der Waals surface area contributed by atoms with Crippen LogP contribution in [0.4, 0.5) is 4.39 Å². The number of nitrogens with zero attached hydrogens (tertiary/aromatic N) is 1. The lowest BCUT2D eigenvalue weighted by molar-refractivity contribution is 0.643. The zero-order valence-corrected chi connectivity index (χ0v) is 11.0. The highest BCUT2D eigenvalue weighted by Crippen LogP contribution is 2.07. The third-order valence-electron chi connectivity index (χ3n) is 1.63. The van der Waals surface area contributed by atoms with E-state index < -0.39 is 0 Å². The summed E-state index contributed by atoms with van der Waals surface area (Å²) in [6, 6.07) is 10.3. The van der Waals surface area contributed by atoms with Crippen LogP contribution in [0, 0.1) is 19.0 Å². The molecule has 0 saturated heterocycles. The van der Waals surface area contributed by atoms with E-state index in [1.165, 1.54) is 11.1 Å². The number of rotatable bonds is 0. The Morgan fingerprint density at radius 2 is 1.62 bits per heavy atom. The van der Waals surface area contributed by atoms with Crippen molar-refractivity contribution in [3.8, 4) is 0 Å². The van der Waals surface area contributed by atoms with Crippen molar-refractivity contribution in [3.63, 3.8) is 0 Å². The second kappa shape index (κ2) is 9.04. The molecule has 1 aromatic heterocycles. The van der Waals surface area contributed by atoms with Gasteiger partial charge >= 0.3 is 0 Å². The first kappa shape index (κ1) is 14.8. The van der Waals surface area contributed by atoms with E-state index in [0.717, 1.165) is 11.3 Å². The molecule has 0 fully saturated rings. The molecule has 0 aliphatic heterocycles. The summed E-state index contributed by atoms with van der Waals surface area (Å²) in [7, 11) is 0. The maximum Gasteiger partial charge on any atom is 0.199 e. The lowest BCUT2D eigenvalue weighted by Gasteiger charge is -1.82. The number of aryl methyl sites for hydroxylation is 2. The quantitative estimate of drug-likeness (QED) is 0.654. The van der Waals surface area contributed by atoms with Crippen LogP contribution in [0.2, 0.25) is 0 Å². The summed E-state index contributed by atoms with van der Waals surface area (Å²) in [4.78, 5) is 3.66. The predicted molar refractivity (Wildman–Crippen MR) is 69.3 cm³/mol. The lowest BCUT2D eigenvalue weighted by atomic mass is 10.2. The Balaban J connectivity index is 0.000000244. The Kier molecular flexibility index (Phi) is 8.35. The van der Waals surface area contributed by atoms with Crippen molar-refractivity contribution in [2.75, 3.05) is 0 Å². The first-order chi connectivity index (χ1) is 7.70. The summed E-state index contributed by atoms with van der Waals surface area (Å²) in [5, 5.41) is -0.181. The largest absolute Gasteiger partial charge is 0.247 e. The highest BCUT2D eigenvalue weighted by molar-refractivity contribution is 7.08. The van der Waals surface area contributed by atoms with Crippen molar-refractivity contribution in [2.24, 2.45) is 0 Å². The minimum absolute atomic E-state index is 0.181. The van der Waals surface area contributed by atoms with Crippen LogP contribution in [0.15, 0.2) is 35.8 Å². The van der Waals surface area contributed by atoms with Gasteiger partial charge in [0, 0.05) is 0 Å². The molecule has 1 nitrogen and oxygen atoms in total. The third kappa shape index (κ3) is 6.30. The number of hydrogen-bond donors (Lipinski definition) is 0. The summed E-state index contributed by atoms with van der Waals surface area (Å²) in [6.07, 6.45) is 0. The molecule has 88 valence electrons. The van der Waals surface area contributed by atoms with Gasteiger partial charge in [-0.15, -0.1) is 0 Å². The first-order valence-corrected chi connectivity index (χ1v) is 6.15. The smallest absolute Gasteiger partial charge is 0.199 e. The van der Waals surface area contributed by atoms with E-state index in [9.17, 15) is 4.39 Å². The van der Waals surface area contributed by atoms with Crippen molar-refractivity contribution in [3.05, 3.63) is 52.2 Å². The highest BCUT2D eigenvalue weighted by atomic mass is 32.1. The van der Waals surface area contributed by atoms with Crippen LogP contribution in [-0.4, -0.2) is 4.98 Å². The standard InChI is InChI=1S/C7H8.C4H4FNS.C2H6/c1-7-5-3-2-4-6-7;1-3-4(5)7-2-6-3;1-2/h2-6H,1H3;2H,1H3;1-2H3. The van der Waals surface area contributed by atoms with Gasteiger partial charge in [-0.25, -0.2) is 4.98 Å². The maximum atomic E-state index is 12.0. The highest BCUT2D eigenvalue weighted by Gasteiger charge is 1.94. The van der Waals surface area contributed by atoms with E-state index >= 15 is 0 Å². The average molecular weight is 239 g/mol. The summed E-state index contributed by atoms with van der Waals surface area (Å²) in [6.45, 7) is 7.73. The van der Waals surface area contributed by atoms with Crippen molar-refractivity contribution in [2.45, 2.75) is 27.7 Å². The monoisotopic (exact) mass is 239 g/mol. The van der Waals surface area contributed by atoms with Crippen molar-refractivity contribution in [1.82, 2.24) is 4.98 Å². The van der Waals surface area contributed by atoms with E-state index in [0.29, 0.717) is 5.69 Å². The van der Waals surface area contributed by atoms with Gasteiger partial charge in [0.05, 0.1) is 11.2 Å². The molecule has 2 aromatic rings. The van der Waals surface area contributed by atoms with Gasteiger partial charge in [-0.2, -0.15) is 4.39 Å². The summed E-state index contributed by atoms with van der Waals surface area (Å²) in [5.41, 5.74) is 3.30. The molecule has 1 heterocycles. The molecule has 0 radical (unpaired) electrons. The first-order valence-electron chi connectivity index (χ1n) is 5.27. The van der Waals surface area contributed by atoms with Crippen LogP contribution in [0.1, 0.15) is 25.1 Å². The molecule has 0 saturated carbocycles. The minimum Gasteiger partial charge on any atom is -0.247 e. The summed E-state index contributed by atoms with van der Waals surface area (Å²) >= 11 is 1.03. The zero-order chi connectivity index (χ0) is 12.4. The molecule has 0 atom stereocenters. The van der Waals surface area contributed by atoms with Crippen LogP contribution >= 0.6 is 11.3 Å². The fourth-order valence-electron chi connectivity index (χ4n) is 0.822. The molecule has 0 amide bonds. The maximum absolute atomic E-state index is 12.0. The van der Waals surface area contributed by atoms with E-state index in [2.05, 4.69) is 24.0 Å². The fourth-order valence-corrected chi connectivity index (χ4v) is 1.35. The number of halogens is 1. The van der Waals surface area contributed by atoms with Gasteiger partial charge in [-0.3, -0.25) is 0 Å². The molecule has 1 aromatic carbocycles. The molecular formula is C13H18FNS. The molecule has 0 N–H and O–H groups in total. The Hall–Kier alpha value is -1.22. The number of aromatic nitrogens is 1. The second-order valence-corrected chi connectivity index (χ2v) is 3.67. The fraction of sp³-hybridized carbons (Fsp3) is 0.308. The minimum atomic E-state index is -0.181. The number of benzene rings is 1. The van der Waals surface area contributed by atoms with E-state index in [1.54, 1.807) is 6.92 Å². The Morgan fingerprint density at radius 1 is 1.06 bits per heavy atom. The van der Waals surface area contributed by atoms with Gasteiger partial charge in [0.2, 0.25) is 0 Å². The molecule has 0 unspecified atom stereocenters. The van der Waals surface area contributed by atoms with Crippen LogP contribution in [0.25, 0.3) is 0 Å². The van der Waals surface area contributed by atoms with Crippen LogP contribution in [-0.2, 0) is 0 Å². The number of hydrogen-bond acceptors (Lipinski definition) is 2. The molecular weight excluding hydrogens is 221 g/mol. The van der Waals surface area contributed by atoms with Crippen LogP contribution in [0.3, 0.4) is 0 Å². The van der Waals surface area contributed by atoms with Gasteiger partial charge in [0.25, 0.3) is 0 Å². The van der Waals surface area contributed by atoms with E-state index in [4.69, 9.17) is 0 Å². The van der Waals surface area contributed by atoms with Gasteiger partial charge in [-0.05, 0) is 13.8 Å². The molecule has 16 heavy (non-hydrogen) atoms. The second-order valence-electron chi connectivity index (χ2n) is 2.87. The lowest BCUT2D eigenvalue weighted by Crippen LogP contribution is -1.69. The summed E-state index contributed by atoms with van der Waals surface area (Å²) in [5.74, 6) is 0. The molecule has 0 aliphatic carbocycles. The van der Waals surface area contributed by atoms with Crippen molar-refractivity contribution in [1.29, 1.82) is 0 Å². The normalized spacial score (nSPS) is 8.31. The number of thiazole rings is 1. The molecule has 2 rings (SSSR count). The van der Waals surface area contributed by atoms with Crippen LogP contribution < -0.4 is 0 Å². The third-order valence-corrected chi connectivity index (χ3v) is 2.34. The van der Waals surface area contributed by atoms with E-state index in [-0.39, 0.29) is 5.13 Å². The molecule has 0 spiro atoms. The zero-order valence-electron chi connectivity index (χ0n) is 10.2. The van der Waals surface area contributed by atoms with Crippen molar-refractivity contribution >= 4 is 11.3 Å². The summed E-state index contributed by atoms with van der Waals surface area (Å²) < 4.78 is 12.0. The van der Waals surface area contributed by atoms with Gasteiger partial charge in [-0.1, -0.05) is 61.1 Å². The molecule has 3 heteroatoms. The topological polar surface area (TPSA) is 12.9 Å². The van der Waals surface area contributed by atoms with Gasteiger partial charge < -0.3 is 0 Å². The van der Waals surface area contributed by atoms with Crippen molar-refractivity contribution < 1.29 is 4.39 Å². The van der Waals surface area contributed by atoms with Gasteiger partial charge in [0.15, 0.2) is 5.13 Å².